The van der Waals surface area contributed by atoms with E-state index in [1.165, 1.54) is 4.57 Å². The molecule has 30 heavy (non-hydrogen) atoms. The first kappa shape index (κ1) is 23.2. The smallest absolute Gasteiger partial charge is 0.475 e. The molecule has 0 fully saturated rings. The zero-order valence-electron chi connectivity index (χ0n) is 15.7. The van der Waals surface area contributed by atoms with Crippen LogP contribution in [0.3, 0.4) is 0 Å². The number of aromatic nitrogens is 4. The van der Waals surface area contributed by atoms with E-state index in [2.05, 4.69) is 36.2 Å². The van der Waals surface area contributed by atoms with Gasteiger partial charge in [-0.2, -0.15) is 13.2 Å². The highest BCUT2D eigenvalue weighted by atomic mass is 79.9. The van der Waals surface area contributed by atoms with Gasteiger partial charge in [0, 0.05) is 41.9 Å². The number of hydrogen-bond donors (Lipinski definition) is 4. The lowest BCUT2D eigenvalue weighted by atomic mass is 10.1. The van der Waals surface area contributed by atoms with Gasteiger partial charge in [0.15, 0.2) is 0 Å². The Kier molecular flexibility index (Phi) is 7.08. The Morgan fingerprint density at radius 2 is 2.00 bits per heavy atom. The minimum atomic E-state index is -5.08. The molecule has 2 aromatic heterocycles. The maximum atomic E-state index is 12.3. The molecule has 0 aliphatic rings. The monoisotopic (exact) mass is 491 g/mol. The molecule has 1 amide bonds. The van der Waals surface area contributed by atoms with Gasteiger partial charge in [0.2, 0.25) is 0 Å². The van der Waals surface area contributed by atoms with E-state index in [0.717, 1.165) is 11.3 Å². The molecule has 0 spiro atoms. The summed E-state index contributed by atoms with van der Waals surface area (Å²) in [5.74, 6) is -2.05. The van der Waals surface area contributed by atoms with Crippen LogP contribution in [-0.2, 0) is 11.8 Å². The number of nitrogens with one attached hydrogen (secondary N) is 3. The summed E-state index contributed by atoms with van der Waals surface area (Å²) in [5.41, 5.74) is 1.62. The van der Waals surface area contributed by atoms with Gasteiger partial charge in [-0.3, -0.25) is 9.36 Å². The van der Waals surface area contributed by atoms with Gasteiger partial charge in [-0.05, 0) is 28.1 Å². The first-order valence-corrected chi connectivity index (χ1v) is 9.17. The summed E-state index contributed by atoms with van der Waals surface area (Å²) in [7, 11) is 1.68. The Bertz CT molecular complexity index is 1110. The zero-order valence-corrected chi connectivity index (χ0v) is 17.3. The van der Waals surface area contributed by atoms with Crippen LogP contribution in [-0.4, -0.2) is 49.2 Å². The molecule has 162 valence electrons. The molecule has 3 rings (SSSR count). The van der Waals surface area contributed by atoms with Crippen LogP contribution in [0, 0.1) is 0 Å². The summed E-state index contributed by atoms with van der Waals surface area (Å²) in [6, 6.07) is 3.39. The standard InChI is InChI=1S/C15H16BrN5O2.C2HF3O2/c1-8(13-17-3-4-18-13)7-19-14(22)9-5-10(16)12-11(6-9)20-15(23)21(12)2;3-2(4,5)1(6)7/h3-6,8H,7H2,1-2H3,(H,17,18)(H,19,22)(H,20,23);(H,6,7). The number of aromatic amines is 2. The number of aryl methyl sites for hydroxylation is 1. The molecule has 4 N–H and O–H groups in total. The van der Waals surface area contributed by atoms with E-state index in [0.29, 0.717) is 22.1 Å². The van der Waals surface area contributed by atoms with Crippen LogP contribution >= 0.6 is 15.9 Å². The predicted molar refractivity (Wildman–Crippen MR) is 104 cm³/mol. The molecule has 0 saturated heterocycles. The Balaban J connectivity index is 0.000000396. The number of H-pyrrole nitrogens is 2. The summed E-state index contributed by atoms with van der Waals surface area (Å²) >= 11 is 3.42. The molecular weight excluding hydrogens is 475 g/mol. The summed E-state index contributed by atoms with van der Waals surface area (Å²) in [6.45, 7) is 2.44. The van der Waals surface area contributed by atoms with Gasteiger partial charge in [0.05, 0.1) is 11.0 Å². The number of aliphatic carboxylic acids is 1. The van der Waals surface area contributed by atoms with Crippen molar-refractivity contribution in [1.82, 2.24) is 24.8 Å². The lowest BCUT2D eigenvalue weighted by molar-refractivity contribution is -0.192. The molecular formula is C17H17BrF3N5O4. The molecule has 2 heterocycles. The van der Waals surface area contributed by atoms with Gasteiger partial charge >= 0.3 is 17.8 Å². The summed E-state index contributed by atoms with van der Waals surface area (Å²) in [4.78, 5) is 42.9. The second-order valence-electron chi connectivity index (χ2n) is 6.23. The molecule has 0 aliphatic heterocycles. The molecule has 0 bridgehead atoms. The number of alkyl halides is 3. The summed E-state index contributed by atoms with van der Waals surface area (Å²) < 4.78 is 33.9. The second kappa shape index (κ2) is 9.15. The minimum Gasteiger partial charge on any atom is -0.475 e. The van der Waals surface area contributed by atoms with Crippen LogP contribution < -0.4 is 11.0 Å². The number of benzene rings is 1. The topological polar surface area (TPSA) is 133 Å². The summed E-state index contributed by atoms with van der Waals surface area (Å²) in [5, 5.41) is 10.0. The van der Waals surface area contributed by atoms with Crippen molar-refractivity contribution >= 4 is 38.8 Å². The van der Waals surface area contributed by atoms with Crippen molar-refractivity contribution in [2.75, 3.05) is 6.54 Å². The number of carbonyl (C=O) groups excluding carboxylic acids is 1. The number of carboxylic acid groups (broad SMARTS) is 1. The SMILES string of the molecule is CC(CNC(=O)c1cc(Br)c2c(c1)[nH]c(=O)n2C)c1ncc[nH]1.O=C(O)C(F)(F)F. The van der Waals surface area contributed by atoms with Crippen LogP contribution in [0.2, 0.25) is 0 Å². The average molecular weight is 492 g/mol. The van der Waals surface area contributed by atoms with Crippen LogP contribution in [0.1, 0.15) is 29.0 Å². The van der Waals surface area contributed by atoms with E-state index in [1.807, 2.05) is 6.92 Å². The number of rotatable bonds is 4. The maximum Gasteiger partial charge on any atom is 0.490 e. The van der Waals surface area contributed by atoms with E-state index in [1.54, 1.807) is 31.6 Å². The lowest BCUT2D eigenvalue weighted by Crippen LogP contribution is -2.27. The maximum absolute atomic E-state index is 12.3. The van der Waals surface area contributed by atoms with E-state index in [4.69, 9.17) is 9.90 Å². The van der Waals surface area contributed by atoms with E-state index < -0.39 is 12.1 Å². The fourth-order valence-corrected chi connectivity index (χ4v) is 3.18. The van der Waals surface area contributed by atoms with E-state index in [-0.39, 0.29) is 17.5 Å². The average Bonchev–Trinajstić information content (AvgIpc) is 3.28. The number of halogens is 4. The van der Waals surface area contributed by atoms with Gasteiger partial charge < -0.3 is 20.4 Å². The van der Waals surface area contributed by atoms with E-state index >= 15 is 0 Å². The number of carbonyl (C=O) groups is 2. The highest BCUT2D eigenvalue weighted by molar-refractivity contribution is 9.10. The Morgan fingerprint density at radius 3 is 2.53 bits per heavy atom. The third-order valence-electron chi connectivity index (χ3n) is 4.00. The third-order valence-corrected chi connectivity index (χ3v) is 4.61. The highest BCUT2D eigenvalue weighted by Gasteiger charge is 2.38. The Labute approximate surface area is 175 Å². The van der Waals surface area contributed by atoms with Crippen LogP contribution in [0.4, 0.5) is 13.2 Å². The number of nitrogens with zero attached hydrogens (tertiary/aromatic N) is 2. The molecule has 13 heteroatoms. The second-order valence-corrected chi connectivity index (χ2v) is 7.09. The van der Waals surface area contributed by atoms with Gasteiger partial charge in [-0.15, -0.1) is 0 Å². The number of carboxylic acids is 1. The van der Waals surface area contributed by atoms with Crippen molar-refractivity contribution in [2.45, 2.75) is 19.0 Å². The molecule has 0 saturated carbocycles. The van der Waals surface area contributed by atoms with Gasteiger partial charge in [0.25, 0.3) is 5.91 Å². The Morgan fingerprint density at radius 1 is 1.37 bits per heavy atom. The van der Waals surface area contributed by atoms with Crippen molar-refractivity contribution < 1.29 is 27.9 Å². The van der Waals surface area contributed by atoms with Gasteiger partial charge in [-0.1, -0.05) is 6.92 Å². The molecule has 1 atom stereocenters. The van der Waals surface area contributed by atoms with Crippen molar-refractivity contribution in [2.24, 2.45) is 7.05 Å². The van der Waals surface area contributed by atoms with Crippen molar-refractivity contribution in [3.63, 3.8) is 0 Å². The third kappa shape index (κ3) is 5.49. The molecule has 0 radical (unpaired) electrons. The molecule has 1 aromatic carbocycles. The summed E-state index contributed by atoms with van der Waals surface area (Å²) in [6.07, 6.45) is -1.64. The predicted octanol–water partition coefficient (Wildman–Crippen LogP) is 2.52. The van der Waals surface area contributed by atoms with Crippen LogP contribution in [0.15, 0.2) is 33.8 Å². The zero-order chi connectivity index (χ0) is 22.6. The fraction of sp³-hybridized carbons (Fsp3) is 0.294. The van der Waals surface area contributed by atoms with Gasteiger partial charge in [-0.25, -0.2) is 14.6 Å². The van der Waals surface area contributed by atoms with Gasteiger partial charge in [0.1, 0.15) is 5.82 Å². The molecule has 3 aromatic rings. The molecule has 9 nitrogen and oxygen atoms in total. The van der Waals surface area contributed by atoms with Crippen LogP contribution in [0.25, 0.3) is 11.0 Å². The number of hydrogen-bond acceptors (Lipinski definition) is 4. The number of amides is 1. The quantitative estimate of drug-likeness (QED) is 0.445. The van der Waals surface area contributed by atoms with Crippen molar-refractivity contribution in [3.8, 4) is 0 Å². The number of fused-ring (bicyclic) bond motifs is 1. The molecule has 1 unspecified atom stereocenters. The van der Waals surface area contributed by atoms with Crippen molar-refractivity contribution in [3.05, 3.63) is 50.9 Å². The van der Waals surface area contributed by atoms with Crippen molar-refractivity contribution in [1.29, 1.82) is 0 Å². The Hall–Kier alpha value is -3.09. The highest BCUT2D eigenvalue weighted by Crippen LogP contribution is 2.23. The normalized spacial score (nSPS) is 12.2. The van der Waals surface area contributed by atoms with Crippen LogP contribution in [0.5, 0.6) is 0 Å². The molecule has 0 aliphatic carbocycles. The lowest BCUT2D eigenvalue weighted by Gasteiger charge is -2.11. The first-order chi connectivity index (χ1) is 13.9. The first-order valence-electron chi connectivity index (χ1n) is 8.37. The minimum absolute atomic E-state index is 0.0812. The fourth-order valence-electron chi connectivity index (χ4n) is 2.46. The van der Waals surface area contributed by atoms with E-state index in [9.17, 15) is 22.8 Å². The largest absolute Gasteiger partial charge is 0.490 e. The number of imidazole rings is 2.